The summed E-state index contributed by atoms with van der Waals surface area (Å²) in [5, 5.41) is 78.9. The lowest BCUT2D eigenvalue weighted by Crippen LogP contribution is -2.52. The highest BCUT2D eigenvalue weighted by Gasteiger charge is 2.50. The smallest absolute Gasteiger partial charge is 0.312 e. The SMILES string of the molecule is COC1C=COC2(C)Oc3c(C)c(O)c4c(O)c(c(C=NN5CC[N+](C)([O-])CC5)c(O)c4c3C2=O)NC(=O)C(C)=CC=CC(C)C(O)C(C)C(O)C(C)C(OC(C)=O)C1C. The first-order valence-electron chi connectivity index (χ1n) is 20.0. The molecule has 6 N–H and O–H groups in total. The highest BCUT2D eigenvalue weighted by Crippen LogP contribution is 2.55. The van der Waals surface area contributed by atoms with Crippen LogP contribution in [0, 0.1) is 35.8 Å². The van der Waals surface area contributed by atoms with Gasteiger partial charge in [0.15, 0.2) is 5.75 Å². The number of ether oxygens (including phenoxy) is 4. The Labute approximate surface area is 349 Å². The number of nitrogens with zero attached hydrogens (tertiary/aromatic N) is 3. The average molecular weight is 839 g/mol. The van der Waals surface area contributed by atoms with Gasteiger partial charge in [0.2, 0.25) is 0 Å². The summed E-state index contributed by atoms with van der Waals surface area (Å²) >= 11 is 0. The molecule has 17 heteroatoms. The van der Waals surface area contributed by atoms with Gasteiger partial charge in [0.05, 0.1) is 86.2 Å². The predicted molar refractivity (Wildman–Crippen MR) is 222 cm³/mol. The number of Topliss-reactive ketones (excluding diaryl/α,β-unsaturated/α-hetero) is 1. The van der Waals surface area contributed by atoms with Crippen LogP contribution in [0.3, 0.4) is 0 Å². The van der Waals surface area contributed by atoms with Crippen molar-refractivity contribution in [2.24, 2.45) is 28.8 Å². The van der Waals surface area contributed by atoms with Crippen LogP contribution in [0.5, 0.6) is 23.0 Å². The zero-order valence-electron chi connectivity index (χ0n) is 35.8. The van der Waals surface area contributed by atoms with E-state index in [4.69, 9.17) is 18.9 Å². The zero-order valence-corrected chi connectivity index (χ0v) is 35.8. The van der Waals surface area contributed by atoms with E-state index < -0.39 is 93.4 Å². The Morgan fingerprint density at radius 3 is 2.27 bits per heavy atom. The number of benzene rings is 2. The van der Waals surface area contributed by atoms with E-state index in [9.17, 15) is 45.1 Å². The molecule has 0 saturated carbocycles. The van der Waals surface area contributed by atoms with Gasteiger partial charge in [0.25, 0.3) is 11.7 Å². The number of likely N-dealkylation sites (N-methyl/N-ethyl adjacent to an activating group) is 1. The standard InChI is InChI=1S/C43H58N4O13/c1-21-12-11-13-22(2)42(55)45-33-28(20-44-46-15-17-47(9,56)18-16-46)37(52)30-31(38(33)53)36(51)26(6)40-32(30)41(54)43(8,60-40)58-19-14-29(57-10)23(3)39(59-27(7)48)25(5)35(50)24(4)34(21)49/h11-14,19-21,23-25,29,34-35,39,49-53H,15-18H2,1-10H3,(H,45,55). The molecule has 0 aliphatic carbocycles. The summed E-state index contributed by atoms with van der Waals surface area (Å²) in [7, 11) is 2.98. The second-order valence-electron chi connectivity index (χ2n) is 16.6. The number of carbonyl (C=O) groups is 3. The largest absolute Gasteiger partial charge is 0.633 e. The number of carbonyl (C=O) groups excluding carboxylic acids is 3. The summed E-state index contributed by atoms with van der Waals surface area (Å²) in [5.41, 5.74) is -0.581. The Kier molecular flexibility index (Phi) is 13.6. The molecule has 17 nitrogen and oxygen atoms in total. The molecule has 6 rings (SSSR count). The monoisotopic (exact) mass is 838 g/mol. The summed E-state index contributed by atoms with van der Waals surface area (Å²) in [6, 6.07) is 0. The third kappa shape index (κ3) is 8.95. The van der Waals surface area contributed by atoms with E-state index in [-0.39, 0.29) is 70.7 Å². The van der Waals surface area contributed by atoms with Crippen LogP contribution in [-0.4, -0.2) is 130 Å². The van der Waals surface area contributed by atoms with E-state index in [0.717, 1.165) is 0 Å². The van der Waals surface area contributed by atoms with Gasteiger partial charge in [-0.25, -0.2) is 0 Å². The Hall–Kier alpha value is -5.20. The molecular formula is C43H58N4O13. The molecular weight excluding hydrogens is 780 g/mol. The number of esters is 1. The maximum Gasteiger partial charge on any atom is 0.312 e. The number of fused-ring (bicyclic) bond motifs is 14. The number of hydrazone groups is 1. The maximum absolute atomic E-state index is 14.4. The molecule has 4 aliphatic heterocycles. The van der Waals surface area contributed by atoms with Gasteiger partial charge >= 0.3 is 11.8 Å². The molecule has 1 saturated heterocycles. The Balaban J connectivity index is 1.70. The number of hydrogen-bond donors (Lipinski definition) is 6. The van der Waals surface area contributed by atoms with Gasteiger partial charge in [0, 0.05) is 61.2 Å². The molecule has 4 heterocycles. The van der Waals surface area contributed by atoms with E-state index in [1.807, 2.05) is 0 Å². The van der Waals surface area contributed by atoms with Gasteiger partial charge in [-0.3, -0.25) is 19.4 Å². The van der Waals surface area contributed by atoms with Crippen LogP contribution in [0.4, 0.5) is 5.69 Å². The van der Waals surface area contributed by atoms with Crippen LogP contribution in [0.25, 0.3) is 10.8 Å². The summed E-state index contributed by atoms with van der Waals surface area (Å²) in [6.45, 7) is 13.4. The number of allylic oxidation sites excluding steroid dienone is 2. The van der Waals surface area contributed by atoms with Crippen molar-refractivity contribution in [1.29, 1.82) is 0 Å². The lowest BCUT2D eigenvalue weighted by atomic mass is 9.78. The first-order chi connectivity index (χ1) is 28.0. The number of hydroxylamine groups is 3. The van der Waals surface area contributed by atoms with Crippen LogP contribution < -0.4 is 10.1 Å². The number of piperazine rings is 1. The van der Waals surface area contributed by atoms with Gasteiger partial charge in [-0.15, -0.1) is 0 Å². The molecule has 9 atom stereocenters. The summed E-state index contributed by atoms with van der Waals surface area (Å²) in [4.78, 5) is 40.5. The van der Waals surface area contributed by atoms with Crippen LogP contribution in [0.1, 0.15) is 70.0 Å². The number of methoxy groups -OCH3 is 1. The van der Waals surface area contributed by atoms with Crippen LogP contribution in [0.2, 0.25) is 0 Å². The molecule has 1 amide bonds. The van der Waals surface area contributed by atoms with Crippen molar-refractivity contribution in [2.75, 3.05) is 45.7 Å². The maximum atomic E-state index is 14.4. The van der Waals surface area contributed by atoms with Crippen molar-refractivity contribution in [3.05, 3.63) is 58.0 Å². The molecule has 2 aromatic rings. The minimum absolute atomic E-state index is 0.0279. The topological polar surface area (TPSA) is 240 Å². The van der Waals surface area contributed by atoms with Crippen molar-refractivity contribution in [2.45, 2.75) is 85.6 Å². The average Bonchev–Trinajstić information content (AvgIpc) is 3.46. The first kappa shape index (κ1) is 45.9. The van der Waals surface area contributed by atoms with E-state index in [0.29, 0.717) is 0 Å². The van der Waals surface area contributed by atoms with Gasteiger partial charge < -0.3 is 59.7 Å². The Bertz CT molecular complexity index is 2120. The van der Waals surface area contributed by atoms with Crippen LogP contribution in [0.15, 0.2) is 41.2 Å². The molecule has 5 bridgehead atoms. The molecule has 9 unspecified atom stereocenters. The first-order valence-corrected chi connectivity index (χ1v) is 20.0. The zero-order chi connectivity index (χ0) is 44.6. The fourth-order valence-corrected chi connectivity index (χ4v) is 8.00. The number of phenolic OH excluding ortho intramolecular Hbond substituents is 3. The van der Waals surface area contributed by atoms with Gasteiger partial charge in [-0.2, -0.15) is 5.10 Å². The van der Waals surface area contributed by atoms with Crippen LogP contribution in [-0.2, 0) is 23.8 Å². The normalized spacial score (nSPS) is 30.4. The van der Waals surface area contributed by atoms with E-state index in [1.165, 1.54) is 59.4 Å². The highest BCUT2D eigenvalue weighted by atomic mass is 16.7. The molecule has 1 fully saturated rings. The van der Waals surface area contributed by atoms with Crippen LogP contribution >= 0.6 is 0 Å². The molecule has 0 radical (unpaired) electrons. The van der Waals surface area contributed by atoms with Gasteiger partial charge in [-0.1, -0.05) is 45.9 Å². The third-order valence-corrected chi connectivity index (χ3v) is 12.0. The highest BCUT2D eigenvalue weighted by molar-refractivity contribution is 6.23. The molecule has 60 heavy (non-hydrogen) atoms. The molecule has 0 spiro atoms. The molecule has 4 aliphatic rings. The van der Waals surface area contributed by atoms with E-state index >= 15 is 0 Å². The Morgan fingerprint density at radius 2 is 1.65 bits per heavy atom. The van der Waals surface area contributed by atoms with Crippen molar-refractivity contribution >= 4 is 40.3 Å². The number of aromatic hydroxyl groups is 3. The fraction of sp³-hybridized carbons (Fsp3) is 0.535. The third-order valence-electron chi connectivity index (χ3n) is 12.0. The van der Waals surface area contributed by atoms with Gasteiger partial charge in [-0.05, 0) is 19.9 Å². The second-order valence-corrected chi connectivity index (χ2v) is 16.6. The number of aliphatic hydroxyl groups is 2. The number of rotatable bonds is 4. The van der Waals surface area contributed by atoms with Crippen molar-refractivity contribution in [3.8, 4) is 23.0 Å². The fourth-order valence-electron chi connectivity index (χ4n) is 8.00. The number of quaternary nitrogens is 1. The lowest BCUT2D eigenvalue weighted by Gasteiger charge is -2.44. The van der Waals surface area contributed by atoms with E-state index in [2.05, 4.69) is 10.4 Å². The second kappa shape index (κ2) is 17.8. The van der Waals surface area contributed by atoms with Crippen molar-refractivity contribution in [3.63, 3.8) is 0 Å². The predicted octanol–water partition coefficient (Wildman–Crippen LogP) is 4.35. The lowest BCUT2D eigenvalue weighted by molar-refractivity contribution is -0.865. The number of phenols is 3. The number of aliphatic hydroxyl groups excluding tert-OH is 2. The molecule has 328 valence electrons. The quantitative estimate of drug-likeness (QED) is 0.0627. The molecule has 0 aromatic heterocycles. The Morgan fingerprint density at radius 1 is 1.00 bits per heavy atom. The minimum atomic E-state index is -2.07. The summed E-state index contributed by atoms with van der Waals surface area (Å²) < 4.78 is 23.1. The molecule has 2 aromatic carbocycles. The number of nitrogens with one attached hydrogen (secondary N) is 1. The minimum Gasteiger partial charge on any atom is -0.633 e. The van der Waals surface area contributed by atoms with Crippen molar-refractivity contribution < 1.29 is 63.5 Å². The van der Waals surface area contributed by atoms with Gasteiger partial charge in [0.1, 0.15) is 23.4 Å². The number of hydrogen-bond acceptors (Lipinski definition) is 15. The van der Waals surface area contributed by atoms with E-state index in [1.54, 1.807) is 51.9 Å². The number of amides is 1. The number of anilines is 1. The van der Waals surface area contributed by atoms with Crippen molar-refractivity contribution in [1.82, 2.24) is 5.01 Å². The summed E-state index contributed by atoms with van der Waals surface area (Å²) in [6.07, 6.45) is 4.60. The summed E-state index contributed by atoms with van der Waals surface area (Å²) in [5.74, 6) is -8.69. The number of ketones is 1.